The van der Waals surface area contributed by atoms with Crippen LogP contribution in [0.2, 0.25) is 0 Å². The molecule has 30 heavy (non-hydrogen) atoms. The van der Waals surface area contributed by atoms with Gasteiger partial charge in [-0.2, -0.15) is 0 Å². The highest BCUT2D eigenvalue weighted by Crippen LogP contribution is 2.40. The van der Waals surface area contributed by atoms with E-state index in [-0.39, 0.29) is 38.1 Å². The minimum atomic E-state index is -2.62. The second-order valence-corrected chi connectivity index (χ2v) is 8.40. The van der Waals surface area contributed by atoms with E-state index in [0.29, 0.717) is 11.6 Å². The van der Waals surface area contributed by atoms with Gasteiger partial charge in [0, 0.05) is 30.6 Å². The molecule has 2 aromatic rings. The van der Waals surface area contributed by atoms with Gasteiger partial charge in [0.2, 0.25) is 5.95 Å². The number of amides is 2. The smallest absolute Gasteiger partial charge is 0.319 e. The molecular formula is C21H25F2N5O2. The maximum Gasteiger partial charge on any atom is 0.319 e. The van der Waals surface area contributed by atoms with Gasteiger partial charge in [-0.05, 0) is 19.4 Å². The van der Waals surface area contributed by atoms with Gasteiger partial charge in [-0.1, -0.05) is 30.3 Å². The van der Waals surface area contributed by atoms with Crippen molar-refractivity contribution in [2.24, 2.45) is 0 Å². The lowest BCUT2D eigenvalue weighted by molar-refractivity contribution is -0.0794. The summed E-state index contributed by atoms with van der Waals surface area (Å²) in [5, 5.41) is 15.6. The van der Waals surface area contributed by atoms with Crippen LogP contribution < -0.4 is 10.6 Å². The quantitative estimate of drug-likeness (QED) is 0.695. The Morgan fingerprint density at radius 3 is 2.63 bits per heavy atom. The van der Waals surface area contributed by atoms with E-state index in [4.69, 9.17) is 0 Å². The number of urea groups is 1. The molecule has 4 rings (SSSR count). The Morgan fingerprint density at radius 1 is 1.30 bits per heavy atom. The second-order valence-electron chi connectivity index (χ2n) is 8.40. The Hall–Kier alpha value is -2.81. The van der Waals surface area contributed by atoms with Gasteiger partial charge < -0.3 is 20.6 Å². The lowest BCUT2D eigenvalue weighted by atomic mass is 9.88. The summed E-state index contributed by atoms with van der Waals surface area (Å²) < 4.78 is 26.1. The van der Waals surface area contributed by atoms with Gasteiger partial charge >= 0.3 is 6.03 Å². The fourth-order valence-corrected chi connectivity index (χ4v) is 4.03. The molecule has 1 aromatic carbocycles. The van der Waals surface area contributed by atoms with E-state index in [1.165, 1.54) is 0 Å². The van der Waals surface area contributed by atoms with Gasteiger partial charge in [-0.15, -0.1) is 0 Å². The second kappa shape index (κ2) is 7.46. The lowest BCUT2D eigenvalue weighted by Gasteiger charge is -2.35. The van der Waals surface area contributed by atoms with E-state index >= 15 is 0 Å². The van der Waals surface area contributed by atoms with Gasteiger partial charge in [-0.25, -0.2) is 23.5 Å². The van der Waals surface area contributed by atoms with Crippen molar-refractivity contribution < 1.29 is 18.7 Å². The standard InChI is InChI=1S/C21H25F2N5O2/c1-20(2)15-10-24-18(25-14-8-21(22,23)9-14)26-16(15)11-28(20)19(30)27-17(12-29)13-6-4-3-5-7-13/h3-7,10,14,17,29H,8-9,11-12H2,1-2H3,(H,27,30)(H,24,25,26). The van der Waals surface area contributed by atoms with Crippen molar-refractivity contribution in [3.05, 3.63) is 53.3 Å². The first-order valence-corrected chi connectivity index (χ1v) is 9.94. The normalized spacial score (nSPS) is 20.2. The summed E-state index contributed by atoms with van der Waals surface area (Å²) in [6.45, 7) is 3.84. The molecule has 0 saturated heterocycles. The topological polar surface area (TPSA) is 90.4 Å². The minimum Gasteiger partial charge on any atom is -0.394 e. The van der Waals surface area contributed by atoms with Crippen molar-refractivity contribution in [3.63, 3.8) is 0 Å². The zero-order valence-corrected chi connectivity index (χ0v) is 16.9. The Balaban J connectivity index is 1.47. The van der Waals surface area contributed by atoms with E-state index < -0.39 is 17.5 Å². The molecule has 2 aliphatic rings. The zero-order valence-electron chi connectivity index (χ0n) is 16.9. The number of fused-ring (bicyclic) bond motifs is 1. The molecule has 1 aromatic heterocycles. The molecule has 7 nitrogen and oxygen atoms in total. The fraction of sp³-hybridized carbons (Fsp3) is 0.476. The van der Waals surface area contributed by atoms with E-state index in [9.17, 15) is 18.7 Å². The van der Waals surface area contributed by atoms with Gasteiger partial charge in [-0.3, -0.25) is 0 Å². The number of rotatable bonds is 5. The van der Waals surface area contributed by atoms with Crippen LogP contribution in [0.25, 0.3) is 0 Å². The lowest BCUT2D eigenvalue weighted by Crippen LogP contribution is -2.47. The van der Waals surface area contributed by atoms with Crippen LogP contribution in [-0.4, -0.2) is 44.6 Å². The van der Waals surface area contributed by atoms with Gasteiger partial charge in [0.15, 0.2) is 0 Å². The maximum absolute atomic E-state index is 13.1. The first-order valence-electron chi connectivity index (χ1n) is 9.94. The average molecular weight is 417 g/mol. The van der Waals surface area contributed by atoms with E-state index in [1.807, 2.05) is 44.2 Å². The third kappa shape index (κ3) is 3.81. The Bertz CT molecular complexity index is 930. The number of halogens is 2. The van der Waals surface area contributed by atoms with Crippen LogP contribution in [0.1, 0.15) is 49.6 Å². The first kappa shape index (κ1) is 20.5. The van der Waals surface area contributed by atoms with E-state index in [0.717, 1.165) is 11.1 Å². The molecule has 0 bridgehead atoms. The van der Waals surface area contributed by atoms with Crippen LogP contribution in [0.3, 0.4) is 0 Å². The van der Waals surface area contributed by atoms with Crippen molar-refractivity contribution >= 4 is 12.0 Å². The molecule has 1 unspecified atom stereocenters. The molecule has 0 spiro atoms. The molecule has 1 aliphatic carbocycles. The van der Waals surface area contributed by atoms with Crippen LogP contribution in [-0.2, 0) is 12.1 Å². The molecule has 160 valence electrons. The number of carbonyl (C=O) groups is 1. The number of anilines is 1. The van der Waals surface area contributed by atoms with Gasteiger partial charge in [0.05, 0.1) is 30.4 Å². The highest BCUT2D eigenvalue weighted by molar-refractivity contribution is 5.77. The van der Waals surface area contributed by atoms with Gasteiger partial charge in [0.1, 0.15) is 0 Å². The maximum atomic E-state index is 13.1. The fourth-order valence-electron chi connectivity index (χ4n) is 4.03. The molecule has 2 heterocycles. The zero-order chi connectivity index (χ0) is 21.5. The highest BCUT2D eigenvalue weighted by atomic mass is 19.3. The SMILES string of the molecule is CC1(C)c2cnc(NC3CC(F)(F)C3)nc2CN1C(=O)NC(CO)c1ccccc1. The Kier molecular flexibility index (Phi) is 5.09. The Morgan fingerprint density at radius 2 is 2.00 bits per heavy atom. The van der Waals surface area contributed by atoms with Crippen molar-refractivity contribution in [1.29, 1.82) is 0 Å². The summed E-state index contributed by atoms with van der Waals surface area (Å²) in [5.74, 6) is -2.32. The van der Waals surface area contributed by atoms with Crippen LogP contribution in [0.5, 0.6) is 0 Å². The first-order chi connectivity index (χ1) is 14.2. The third-order valence-corrected chi connectivity index (χ3v) is 5.86. The summed E-state index contributed by atoms with van der Waals surface area (Å²) in [5.41, 5.74) is 1.64. The molecular weight excluding hydrogens is 392 g/mol. The molecule has 1 atom stereocenters. The number of nitrogens with one attached hydrogen (secondary N) is 2. The number of alkyl halides is 2. The number of aliphatic hydroxyl groups is 1. The molecule has 9 heteroatoms. The largest absolute Gasteiger partial charge is 0.394 e. The summed E-state index contributed by atoms with van der Waals surface area (Å²) in [6, 6.07) is 8.06. The summed E-state index contributed by atoms with van der Waals surface area (Å²) in [7, 11) is 0. The van der Waals surface area contributed by atoms with E-state index in [2.05, 4.69) is 20.6 Å². The predicted octanol–water partition coefficient (Wildman–Crippen LogP) is 3.18. The van der Waals surface area contributed by atoms with Crippen LogP contribution in [0.15, 0.2) is 36.5 Å². The molecule has 3 N–H and O–H groups in total. The number of hydrogen-bond donors (Lipinski definition) is 3. The number of nitrogens with zero attached hydrogens (tertiary/aromatic N) is 3. The van der Waals surface area contributed by atoms with E-state index in [1.54, 1.807) is 11.1 Å². The predicted molar refractivity (Wildman–Crippen MR) is 107 cm³/mol. The summed E-state index contributed by atoms with van der Waals surface area (Å²) >= 11 is 0. The number of carbonyl (C=O) groups excluding carboxylic acids is 1. The number of hydrogen-bond acceptors (Lipinski definition) is 5. The minimum absolute atomic E-state index is 0.225. The monoisotopic (exact) mass is 417 g/mol. The molecule has 1 aliphatic heterocycles. The average Bonchev–Trinajstić information content (AvgIpc) is 2.95. The van der Waals surface area contributed by atoms with Crippen molar-refractivity contribution in [2.75, 3.05) is 11.9 Å². The number of aromatic nitrogens is 2. The van der Waals surface area contributed by atoms with Crippen LogP contribution in [0.4, 0.5) is 19.5 Å². The highest BCUT2D eigenvalue weighted by Gasteiger charge is 2.46. The summed E-state index contributed by atoms with van der Waals surface area (Å²) in [4.78, 5) is 23.4. The summed E-state index contributed by atoms with van der Waals surface area (Å²) in [6.07, 6.45) is 1.19. The van der Waals surface area contributed by atoms with Crippen LogP contribution in [0, 0.1) is 0 Å². The van der Waals surface area contributed by atoms with Gasteiger partial charge in [0.25, 0.3) is 5.92 Å². The van der Waals surface area contributed by atoms with Crippen molar-refractivity contribution in [3.8, 4) is 0 Å². The molecule has 1 fully saturated rings. The third-order valence-electron chi connectivity index (χ3n) is 5.86. The van der Waals surface area contributed by atoms with Crippen molar-refractivity contribution in [2.45, 2.75) is 56.8 Å². The van der Waals surface area contributed by atoms with Crippen LogP contribution >= 0.6 is 0 Å². The molecule has 2 amide bonds. The molecule has 1 saturated carbocycles. The number of aliphatic hydroxyl groups excluding tert-OH is 1. The Labute approximate surface area is 173 Å². The van der Waals surface area contributed by atoms with Crippen molar-refractivity contribution in [1.82, 2.24) is 20.2 Å². The molecule has 0 radical (unpaired) electrons. The number of benzene rings is 1.